The Morgan fingerprint density at radius 3 is 2.27 bits per heavy atom. The van der Waals surface area contributed by atoms with Gasteiger partial charge in [-0.25, -0.2) is 0 Å². The molecular formula is C23H38O6S. The van der Waals surface area contributed by atoms with E-state index in [1.165, 1.54) is 32.1 Å². The zero-order valence-corrected chi connectivity index (χ0v) is 19.5. The zero-order valence-electron chi connectivity index (χ0n) is 18.7. The van der Waals surface area contributed by atoms with Crippen molar-refractivity contribution in [3.05, 3.63) is 24.5 Å². The van der Waals surface area contributed by atoms with E-state index in [9.17, 15) is 8.42 Å². The predicted octanol–water partition coefficient (Wildman–Crippen LogP) is 4.71. The molecule has 6 nitrogen and oxygen atoms in total. The number of unbranched alkanes of at least 4 members (excludes halogenated alkanes) is 8. The quantitative estimate of drug-likeness (QED) is 0.158. The standard InChI is InChI=1S/C23H38O6S/c1-23(2)27-21-22(29-23)20-26-18-16-14-12-10-8-6-4-5-7-9-11-13-15-17-19-28-30(3,24)25/h8,10,16,18,22H,4-7,9,11,13,15,17,19-21H2,1-3H3/b10-8-,18-16-/t22-/m1/s1. The highest BCUT2D eigenvalue weighted by atomic mass is 32.2. The third-order valence-electron chi connectivity index (χ3n) is 4.44. The van der Waals surface area contributed by atoms with Crippen LogP contribution in [0.3, 0.4) is 0 Å². The summed E-state index contributed by atoms with van der Waals surface area (Å²) in [5.74, 6) is 5.38. The van der Waals surface area contributed by atoms with Gasteiger partial charge in [0.05, 0.1) is 25.7 Å². The van der Waals surface area contributed by atoms with Crippen LogP contribution in [0.1, 0.15) is 71.6 Å². The van der Waals surface area contributed by atoms with E-state index >= 15 is 0 Å². The summed E-state index contributed by atoms with van der Waals surface area (Å²) in [4.78, 5) is 0. The van der Waals surface area contributed by atoms with Crippen LogP contribution in [-0.2, 0) is 28.5 Å². The lowest BCUT2D eigenvalue weighted by Crippen LogP contribution is -2.23. The van der Waals surface area contributed by atoms with Gasteiger partial charge in [0.25, 0.3) is 10.1 Å². The fraction of sp³-hybridized carbons (Fsp3) is 0.739. The van der Waals surface area contributed by atoms with Crippen molar-refractivity contribution in [1.82, 2.24) is 0 Å². The fourth-order valence-electron chi connectivity index (χ4n) is 2.96. The van der Waals surface area contributed by atoms with Gasteiger partial charge in [0.15, 0.2) is 5.79 Å². The Bertz CT molecular complexity index is 670. The first-order valence-electron chi connectivity index (χ1n) is 10.9. The number of allylic oxidation sites excluding steroid dienone is 3. The summed E-state index contributed by atoms with van der Waals surface area (Å²) in [6, 6.07) is 0. The van der Waals surface area contributed by atoms with Crippen molar-refractivity contribution >= 4 is 10.1 Å². The van der Waals surface area contributed by atoms with E-state index in [4.69, 9.17) is 18.4 Å². The average molecular weight is 443 g/mol. The fourth-order valence-corrected chi connectivity index (χ4v) is 3.38. The van der Waals surface area contributed by atoms with Crippen LogP contribution < -0.4 is 0 Å². The second-order valence-electron chi connectivity index (χ2n) is 7.92. The molecule has 0 radical (unpaired) electrons. The van der Waals surface area contributed by atoms with Crippen molar-refractivity contribution in [1.29, 1.82) is 0 Å². The summed E-state index contributed by atoms with van der Waals surface area (Å²) in [6.45, 7) is 5.12. The molecule has 7 heteroatoms. The Balaban J connectivity index is 1.86. The molecule has 1 saturated heterocycles. The molecule has 0 amide bonds. The number of ether oxygens (including phenoxy) is 3. The van der Waals surface area contributed by atoms with Crippen LogP contribution >= 0.6 is 0 Å². The summed E-state index contributed by atoms with van der Waals surface area (Å²) in [6.07, 6.45) is 18.4. The molecular weight excluding hydrogens is 404 g/mol. The molecule has 0 saturated carbocycles. The maximum absolute atomic E-state index is 10.8. The zero-order chi connectivity index (χ0) is 22.1. The van der Waals surface area contributed by atoms with Gasteiger partial charge in [-0.2, -0.15) is 8.42 Å². The van der Waals surface area contributed by atoms with Crippen LogP contribution in [0.15, 0.2) is 24.5 Å². The SMILES string of the molecule is CC1(C)OC[C@@H](CO/C=C\C#C/C=C\CCCCCCCCCCOS(C)(=O)=O)O1. The van der Waals surface area contributed by atoms with Crippen molar-refractivity contribution in [2.75, 3.05) is 26.1 Å². The summed E-state index contributed by atoms with van der Waals surface area (Å²) in [5.41, 5.74) is 0. The van der Waals surface area contributed by atoms with Crippen molar-refractivity contribution in [2.45, 2.75) is 83.5 Å². The highest BCUT2D eigenvalue weighted by Gasteiger charge is 2.32. The highest BCUT2D eigenvalue weighted by molar-refractivity contribution is 7.85. The van der Waals surface area contributed by atoms with Crippen LogP contribution in [0.4, 0.5) is 0 Å². The topological polar surface area (TPSA) is 71.1 Å². The lowest BCUT2D eigenvalue weighted by Gasteiger charge is -2.16. The highest BCUT2D eigenvalue weighted by Crippen LogP contribution is 2.22. The average Bonchev–Trinajstić information content (AvgIpc) is 3.01. The Kier molecular flexibility index (Phi) is 13.8. The van der Waals surface area contributed by atoms with Gasteiger partial charge >= 0.3 is 0 Å². The van der Waals surface area contributed by atoms with Gasteiger partial charge in [-0.05, 0) is 39.2 Å². The van der Waals surface area contributed by atoms with Crippen LogP contribution in [0, 0.1) is 11.8 Å². The van der Waals surface area contributed by atoms with Crippen molar-refractivity contribution in [3.63, 3.8) is 0 Å². The molecule has 1 aliphatic heterocycles. The van der Waals surface area contributed by atoms with E-state index < -0.39 is 15.9 Å². The minimum Gasteiger partial charge on any atom is -0.498 e. The molecule has 1 atom stereocenters. The first-order chi connectivity index (χ1) is 14.3. The Morgan fingerprint density at radius 1 is 1.00 bits per heavy atom. The maximum atomic E-state index is 10.8. The van der Waals surface area contributed by atoms with Crippen molar-refractivity contribution < 1.29 is 26.8 Å². The molecule has 0 aromatic carbocycles. The van der Waals surface area contributed by atoms with Crippen molar-refractivity contribution in [3.8, 4) is 11.8 Å². The largest absolute Gasteiger partial charge is 0.498 e. The van der Waals surface area contributed by atoms with Gasteiger partial charge in [0.1, 0.15) is 12.7 Å². The van der Waals surface area contributed by atoms with Crippen LogP contribution in [0.2, 0.25) is 0 Å². The van der Waals surface area contributed by atoms with E-state index in [0.717, 1.165) is 31.9 Å². The van der Waals surface area contributed by atoms with Crippen LogP contribution in [0.25, 0.3) is 0 Å². The summed E-state index contributed by atoms with van der Waals surface area (Å²) >= 11 is 0. The molecule has 30 heavy (non-hydrogen) atoms. The second-order valence-corrected chi connectivity index (χ2v) is 9.56. The number of rotatable bonds is 15. The van der Waals surface area contributed by atoms with E-state index in [-0.39, 0.29) is 6.10 Å². The molecule has 1 fully saturated rings. The monoisotopic (exact) mass is 442 g/mol. The lowest BCUT2D eigenvalue weighted by molar-refractivity contribution is -0.142. The summed E-state index contributed by atoms with van der Waals surface area (Å²) in [5, 5.41) is 0. The molecule has 1 aliphatic rings. The molecule has 0 unspecified atom stereocenters. The Hall–Kier alpha value is -1.33. The van der Waals surface area contributed by atoms with Gasteiger partial charge in [-0.3, -0.25) is 4.18 Å². The van der Waals surface area contributed by atoms with Crippen LogP contribution in [0.5, 0.6) is 0 Å². The van der Waals surface area contributed by atoms with E-state index in [1.54, 1.807) is 12.3 Å². The molecule has 1 rings (SSSR count). The van der Waals surface area contributed by atoms with E-state index in [1.807, 2.05) is 19.9 Å². The van der Waals surface area contributed by atoms with Gasteiger partial charge in [-0.15, -0.1) is 0 Å². The first-order valence-corrected chi connectivity index (χ1v) is 12.7. The molecule has 0 N–H and O–H groups in total. The van der Waals surface area contributed by atoms with Gasteiger partial charge in [-0.1, -0.05) is 56.4 Å². The van der Waals surface area contributed by atoms with Gasteiger partial charge in [0, 0.05) is 6.08 Å². The Morgan fingerprint density at radius 2 is 1.63 bits per heavy atom. The third kappa shape index (κ3) is 16.5. The smallest absolute Gasteiger partial charge is 0.264 e. The summed E-state index contributed by atoms with van der Waals surface area (Å²) in [7, 11) is -3.28. The first kappa shape index (κ1) is 26.7. The predicted molar refractivity (Wildman–Crippen MR) is 119 cm³/mol. The normalized spacial score (nSPS) is 18.7. The van der Waals surface area contributed by atoms with Crippen LogP contribution in [-0.4, -0.2) is 46.4 Å². The summed E-state index contributed by atoms with van der Waals surface area (Å²) < 4.78 is 42.8. The molecule has 1 heterocycles. The third-order valence-corrected chi connectivity index (χ3v) is 5.04. The van der Waals surface area contributed by atoms with E-state index in [0.29, 0.717) is 19.8 Å². The molecule has 0 aliphatic carbocycles. The molecule has 172 valence electrons. The van der Waals surface area contributed by atoms with Gasteiger partial charge < -0.3 is 14.2 Å². The molecule has 0 aromatic heterocycles. The second kappa shape index (κ2) is 15.5. The molecule has 0 spiro atoms. The Labute approximate surface area is 183 Å². The number of hydrogen-bond acceptors (Lipinski definition) is 6. The van der Waals surface area contributed by atoms with Gasteiger partial charge in [0.2, 0.25) is 0 Å². The minimum absolute atomic E-state index is 0.0287. The molecule has 0 bridgehead atoms. The molecule has 0 aromatic rings. The number of hydrogen-bond donors (Lipinski definition) is 0. The minimum atomic E-state index is -3.28. The van der Waals surface area contributed by atoms with Crippen molar-refractivity contribution in [2.24, 2.45) is 0 Å². The maximum Gasteiger partial charge on any atom is 0.264 e. The van der Waals surface area contributed by atoms with E-state index in [2.05, 4.69) is 17.9 Å². The lowest BCUT2D eigenvalue weighted by atomic mass is 10.1.